The van der Waals surface area contributed by atoms with Gasteiger partial charge in [0.15, 0.2) is 0 Å². The average molecular weight is 227 g/mol. The minimum atomic E-state index is -0.141. The molecular formula is C14H13NO2. The molecule has 1 aromatic heterocycles. The number of aromatic nitrogens is 1. The molecular weight excluding hydrogens is 214 g/mol. The highest BCUT2D eigenvalue weighted by atomic mass is 16.5. The fraction of sp³-hybridized carbons (Fsp3) is 0.143. The van der Waals surface area contributed by atoms with Crippen LogP contribution in [0.5, 0.6) is 5.75 Å². The Morgan fingerprint density at radius 3 is 2.82 bits per heavy atom. The third-order valence-corrected chi connectivity index (χ3v) is 2.41. The van der Waals surface area contributed by atoms with Gasteiger partial charge in [0.25, 0.3) is 0 Å². The van der Waals surface area contributed by atoms with E-state index in [1.807, 2.05) is 31.2 Å². The molecule has 0 radical (unpaired) electrons. The Balaban J connectivity index is 2.13. The highest BCUT2D eigenvalue weighted by Gasteiger charge is 2.07. The number of ether oxygens (including phenoxy) is 1. The molecule has 0 spiro atoms. The third-order valence-electron chi connectivity index (χ3n) is 2.41. The minimum absolute atomic E-state index is 0.141. The third kappa shape index (κ3) is 2.91. The van der Waals surface area contributed by atoms with Crippen molar-refractivity contribution >= 4 is 6.29 Å². The normalized spacial score (nSPS) is 11.8. The van der Waals surface area contributed by atoms with Crippen molar-refractivity contribution < 1.29 is 9.53 Å². The zero-order valence-corrected chi connectivity index (χ0v) is 9.54. The number of carbonyl (C=O) groups is 1. The van der Waals surface area contributed by atoms with Gasteiger partial charge in [-0.3, -0.25) is 9.78 Å². The van der Waals surface area contributed by atoms with E-state index in [1.54, 1.807) is 24.4 Å². The Morgan fingerprint density at radius 1 is 1.24 bits per heavy atom. The lowest BCUT2D eigenvalue weighted by Crippen LogP contribution is -2.04. The maximum atomic E-state index is 10.6. The van der Waals surface area contributed by atoms with Crippen LogP contribution in [0.2, 0.25) is 0 Å². The zero-order chi connectivity index (χ0) is 12.1. The van der Waals surface area contributed by atoms with Crippen LogP contribution in [0.3, 0.4) is 0 Å². The van der Waals surface area contributed by atoms with E-state index in [1.165, 1.54) is 0 Å². The summed E-state index contributed by atoms with van der Waals surface area (Å²) in [5, 5.41) is 0. The molecule has 86 valence electrons. The summed E-state index contributed by atoms with van der Waals surface area (Å²) in [6.45, 7) is 1.93. The highest BCUT2D eigenvalue weighted by Crippen LogP contribution is 2.20. The van der Waals surface area contributed by atoms with Gasteiger partial charge in [-0.2, -0.15) is 0 Å². The van der Waals surface area contributed by atoms with Gasteiger partial charge in [-0.15, -0.1) is 0 Å². The van der Waals surface area contributed by atoms with Crippen molar-refractivity contribution in [2.75, 3.05) is 0 Å². The molecule has 0 saturated heterocycles. The van der Waals surface area contributed by atoms with E-state index in [2.05, 4.69) is 4.98 Å². The lowest BCUT2D eigenvalue weighted by molar-refractivity contribution is 0.112. The fourth-order valence-corrected chi connectivity index (χ4v) is 1.54. The molecule has 0 N–H and O–H groups in total. The fourth-order valence-electron chi connectivity index (χ4n) is 1.54. The molecule has 1 atom stereocenters. The van der Waals surface area contributed by atoms with Crippen molar-refractivity contribution in [2.45, 2.75) is 13.0 Å². The Bertz CT molecular complexity index is 497. The van der Waals surface area contributed by atoms with Crippen LogP contribution in [0.4, 0.5) is 0 Å². The number of pyridine rings is 1. The maximum absolute atomic E-state index is 10.6. The van der Waals surface area contributed by atoms with E-state index in [-0.39, 0.29) is 6.10 Å². The van der Waals surface area contributed by atoms with E-state index < -0.39 is 0 Å². The number of benzene rings is 1. The molecule has 0 amide bonds. The van der Waals surface area contributed by atoms with E-state index in [9.17, 15) is 4.79 Å². The first kappa shape index (κ1) is 11.3. The van der Waals surface area contributed by atoms with Crippen molar-refractivity contribution in [1.82, 2.24) is 4.98 Å². The van der Waals surface area contributed by atoms with Gasteiger partial charge in [0, 0.05) is 11.8 Å². The molecule has 2 aromatic rings. The molecule has 2 rings (SSSR count). The van der Waals surface area contributed by atoms with Crippen LogP contribution >= 0.6 is 0 Å². The summed E-state index contributed by atoms with van der Waals surface area (Å²) in [5.74, 6) is 0.674. The lowest BCUT2D eigenvalue weighted by atomic mass is 10.2. The predicted octanol–water partition coefficient (Wildman–Crippen LogP) is 3.03. The number of carbonyl (C=O) groups excluding carboxylic acids is 1. The summed E-state index contributed by atoms with van der Waals surface area (Å²) in [7, 11) is 0. The Hall–Kier alpha value is -2.16. The molecule has 17 heavy (non-hydrogen) atoms. The molecule has 1 heterocycles. The van der Waals surface area contributed by atoms with Gasteiger partial charge < -0.3 is 4.74 Å². The Kier molecular flexibility index (Phi) is 3.50. The predicted molar refractivity (Wildman–Crippen MR) is 65.1 cm³/mol. The van der Waals surface area contributed by atoms with Crippen molar-refractivity contribution in [3.05, 3.63) is 59.9 Å². The van der Waals surface area contributed by atoms with Crippen LogP contribution in [0, 0.1) is 0 Å². The summed E-state index contributed by atoms with van der Waals surface area (Å²) >= 11 is 0. The number of aldehydes is 1. The first-order chi connectivity index (χ1) is 8.29. The van der Waals surface area contributed by atoms with Gasteiger partial charge in [-0.25, -0.2) is 0 Å². The van der Waals surface area contributed by atoms with E-state index in [0.717, 1.165) is 12.0 Å². The standard InChI is InChI=1S/C14H13NO2/c1-11(14-7-2-3-8-15-14)17-13-6-4-5-12(9-13)10-16/h2-11H,1H3. The summed E-state index contributed by atoms with van der Waals surface area (Å²) in [6.07, 6.45) is 2.40. The first-order valence-electron chi connectivity index (χ1n) is 5.42. The smallest absolute Gasteiger partial charge is 0.150 e. The zero-order valence-electron chi connectivity index (χ0n) is 9.54. The van der Waals surface area contributed by atoms with Crippen LogP contribution in [0.15, 0.2) is 48.7 Å². The molecule has 3 nitrogen and oxygen atoms in total. The minimum Gasteiger partial charge on any atom is -0.484 e. The summed E-state index contributed by atoms with van der Waals surface area (Å²) in [4.78, 5) is 14.9. The summed E-state index contributed by atoms with van der Waals surface area (Å²) in [6, 6.07) is 12.8. The van der Waals surface area contributed by atoms with Crippen molar-refractivity contribution in [3.8, 4) is 5.75 Å². The topological polar surface area (TPSA) is 39.2 Å². The van der Waals surface area contributed by atoms with E-state index in [4.69, 9.17) is 4.74 Å². The van der Waals surface area contributed by atoms with Crippen molar-refractivity contribution in [2.24, 2.45) is 0 Å². The van der Waals surface area contributed by atoms with E-state index in [0.29, 0.717) is 11.3 Å². The van der Waals surface area contributed by atoms with Crippen LogP contribution in [-0.4, -0.2) is 11.3 Å². The lowest BCUT2D eigenvalue weighted by Gasteiger charge is -2.14. The maximum Gasteiger partial charge on any atom is 0.150 e. The number of hydrogen-bond donors (Lipinski definition) is 0. The average Bonchev–Trinajstić information content (AvgIpc) is 2.40. The van der Waals surface area contributed by atoms with Gasteiger partial charge in [-0.1, -0.05) is 18.2 Å². The first-order valence-corrected chi connectivity index (χ1v) is 5.42. The second kappa shape index (κ2) is 5.25. The SMILES string of the molecule is CC(Oc1cccc(C=O)c1)c1ccccn1. The Morgan fingerprint density at radius 2 is 2.12 bits per heavy atom. The van der Waals surface area contributed by atoms with Gasteiger partial charge >= 0.3 is 0 Å². The molecule has 3 heteroatoms. The van der Waals surface area contributed by atoms with E-state index >= 15 is 0 Å². The van der Waals surface area contributed by atoms with Gasteiger partial charge in [0.1, 0.15) is 18.1 Å². The van der Waals surface area contributed by atoms with Crippen LogP contribution in [0.1, 0.15) is 29.1 Å². The largest absolute Gasteiger partial charge is 0.484 e. The second-order valence-electron chi connectivity index (χ2n) is 3.71. The van der Waals surface area contributed by atoms with Crippen molar-refractivity contribution in [1.29, 1.82) is 0 Å². The van der Waals surface area contributed by atoms with Crippen LogP contribution in [0.25, 0.3) is 0 Å². The molecule has 0 aliphatic heterocycles. The monoisotopic (exact) mass is 227 g/mol. The molecule has 0 bridgehead atoms. The second-order valence-corrected chi connectivity index (χ2v) is 3.71. The molecule has 0 saturated carbocycles. The molecule has 1 unspecified atom stereocenters. The number of nitrogens with zero attached hydrogens (tertiary/aromatic N) is 1. The molecule has 0 fully saturated rings. The molecule has 1 aromatic carbocycles. The van der Waals surface area contributed by atoms with Gasteiger partial charge in [0.05, 0.1) is 5.69 Å². The molecule has 0 aliphatic carbocycles. The van der Waals surface area contributed by atoms with Crippen molar-refractivity contribution in [3.63, 3.8) is 0 Å². The number of rotatable bonds is 4. The molecule has 0 aliphatic rings. The number of hydrogen-bond acceptors (Lipinski definition) is 3. The highest BCUT2D eigenvalue weighted by molar-refractivity contribution is 5.75. The van der Waals surface area contributed by atoms with Crippen LogP contribution in [-0.2, 0) is 0 Å². The quantitative estimate of drug-likeness (QED) is 0.753. The van der Waals surface area contributed by atoms with Crippen LogP contribution < -0.4 is 4.74 Å². The van der Waals surface area contributed by atoms with Gasteiger partial charge in [-0.05, 0) is 31.2 Å². The Labute approximate surface area is 100 Å². The van der Waals surface area contributed by atoms with Gasteiger partial charge in [0.2, 0.25) is 0 Å². The summed E-state index contributed by atoms with van der Waals surface area (Å²) in [5.41, 5.74) is 1.47. The summed E-state index contributed by atoms with van der Waals surface area (Å²) < 4.78 is 5.72.